The highest BCUT2D eigenvalue weighted by molar-refractivity contribution is 7.86. The molecule has 40 heavy (non-hydrogen) atoms. The van der Waals surface area contributed by atoms with E-state index in [0.29, 0.717) is 10.8 Å². The minimum absolute atomic E-state index is 0.0659. The molecule has 0 amide bonds. The second-order valence-corrected chi connectivity index (χ2v) is 21.0. The van der Waals surface area contributed by atoms with E-state index in [1.165, 1.54) is 42.6 Å². The van der Waals surface area contributed by atoms with Gasteiger partial charge in [-0.25, -0.2) is 4.79 Å². The SMILES string of the molecule is CCC1(C(CC=C[C@@H]2[C@@H](CCCc3ccc(C(=O)OC)s3)CC[C@@H]2OS(C)(=O)=O)O[Si](C)(C)C(C)(C)C)CCC1. The Morgan fingerprint density at radius 3 is 2.48 bits per heavy atom. The van der Waals surface area contributed by atoms with E-state index in [1.54, 1.807) is 0 Å². The molecule has 3 rings (SSSR count). The molecular weight excluding hydrogens is 561 g/mol. The predicted octanol–water partition coefficient (Wildman–Crippen LogP) is 8.15. The van der Waals surface area contributed by atoms with E-state index in [2.05, 4.69) is 52.9 Å². The zero-order chi connectivity index (χ0) is 29.8. The van der Waals surface area contributed by atoms with Crippen LogP contribution in [-0.2, 0) is 29.9 Å². The highest BCUT2D eigenvalue weighted by atomic mass is 32.2. The van der Waals surface area contributed by atoms with E-state index >= 15 is 0 Å². The summed E-state index contributed by atoms with van der Waals surface area (Å²) in [5.41, 5.74) is 0.251. The molecule has 2 aliphatic rings. The van der Waals surface area contributed by atoms with Crippen molar-refractivity contribution in [2.24, 2.45) is 17.3 Å². The number of carbonyl (C=O) groups is 1. The van der Waals surface area contributed by atoms with Gasteiger partial charge in [-0.3, -0.25) is 4.18 Å². The van der Waals surface area contributed by atoms with Crippen LogP contribution in [0.25, 0.3) is 0 Å². The molecule has 1 aromatic rings. The third-order valence-electron chi connectivity index (χ3n) is 9.83. The van der Waals surface area contributed by atoms with E-state index in [0.717, 1.165) is 51.2 Å². The third kappa shape index (κ3) is 8.52. The molecule has 0 saturated heterocycles. The van der Waals surface area contributed by atoms with E-state index in [1.807, 2.05) is 12.1 Å². The maximum atomic E-state index is 12.1. The van der Waals surface area contributed by atoms with Gasteiger partial charge in [0.15, 0.2) is 8.32 Å². The molecule has 4 atom stereocenters. The van der Waals surface area contributed by atoms with Crippen molar-refractivity contribution >= 4 is 35.7 Å². The first-order valence-corrected chi connectivity index (χ1v) is 20.5. The van der Waals surface area contributed by atoms with E-state index in [-0.39, 0.29) is 34.5 Å². The van der Waals surface area contributed by atoms with Crippen molar-refractivity contribution in [3.63, 3.8) is 0 Å². The summed E-state index contributed by atoms with van der Waals surface area (Å²) in [7, 11) is -4.07. The van der Waals surface area contributed by atoms with Gasteiger partial charge >= 0.3 is 5.97 Å². The van der Waals surface area contributed by atoms with E-state index < -0.39 is 18.4 Å². The predicted molar refractivity (Wildman–Crippen MR) is 167 cm³/mol. The summed E-state index contributed by atoms with van der Waals surface area (Å²) in [6.07, 6.45) is 15.9. The number of rotatable bonds is 14. The van der Waals surface area contributed by atoms with Gasteiger partial charge in [0, 0.05) is 10.8 Å². The molecule has 2 aliphatic carbocycles. The largest absolute Gasteiger partial charge is 0.465 e. The maximum Gasteiger partial charge on any atom is 0.348 e. The summed E-state index contributed by atoms with van der Waals surface area (Å²) in [6.45, 7) is 13.9. The molecule has 0 radical (unpaired) electrons. The van der Waals surface area contributed by atoms with Crippen molar-refractivity contribution < 1.29 is 26.6 Å². The molecule has 0 aliphatic heterocycles. The first kappa shape index (κ1) is 33.5. The van der Waals surface area contributed by atoms with Gasteiger partial charge in [-0.1, -0.05) is 46.3 Å². The average molecular weight is 613 g/mol. The first-order chi connectivity index (χ1) is 18.6. The van der Waals surface area contributed by atoms with Crippen molar-refractivity contribution in [2.45, 2.75) is 122 Å². The van der Waals surface area contributed by atoms with Crippen LogP contribution >= 0.6 is 11.3 Å². The fourth-order valence-corrected chi connectivity index (χ4v) is 9.18. The number of ether oxygens (including phenoxy) is 1. The fourth-order valence-electron chi connectivity index (χ4n) is 6.13. The Bertz CT molecular complexity index is 1110. The Hall–Kier alpha value is -1.00. The summed E-state index contributed by atoms with van der Waals surface area (Å²) in [5, 5.41) is 0.152. The molecular formula is C31H52O6S2Si. The van der Waals surface area contributed by atoms with Crippen LogP contribution in [0, 0.1) is 17.3 Å². The number of methoxy groups -OCH3 is 1. The Morgan fingerprint density at radius 1 is 1.23 bits per heavy atom. The number of esters is 1. The van der Waals surface area contributed by atoms with Gasteiger partial charge in [-0.05, 0) is 99.4 Å². The van der Waals surface area contributed by atoms with Gasteiger partial charge in [0.25, 0.3) is 10.1 Å². The molecule has 0 N–H and O–H groups in total. The van der Waals surface area contributed by atoms with Crippen molar-refractivity contribution in [1.29, 1.82) is 0 Å². The van der Waals surface area contributed by atoms with Crippen molar-refractivity contribution in [3.05, 3.63) is 34.0 Å². The molecule has 2 saturated carbocycles. The lowest BCUT2D eigenvalue weighted by Gasteiger charge is -2.51. The minimum Gasteiger partial charge on any atom is -0.465 e. The molecule has 228 valence electrons. The van der Waals surface area contributed by atoms with E-state index in [4.69, 9.17) is 13.3 Å². The number of thiophene rings is 1. The molecule has 0 bridgehead atoms. The molecule has 1 heterocycles. The minimum atomic E-state index is -3.53. The van der Waals surface area contributed by atoms with Crippen LogP contribution in [0.15, 0.2) is 24.3 Å². The number of hydrogen-bond donors (Lipinski definition) is 0. The van der Waals surface area contributed by atoms with Crippen LogP contribution in [0.4, 0.5) is 0 Å². The van der Waals surface area contributed by atoms with Gasteiger partial charge in [0.2, 0.25) is 0 Å². The van der Waals surface area contributed by atoms with Gasteiger partial charge in [-0.2, -0.15) is 8.42 Å². The molecule has 1 unspecified atom stereocenters. The number of hydrogen-bond acceptors (Lipinski definition) is 7. The fraction of sp³-hybridized carbons (Fsp3) is 0.774. The van der Waals surface area contributed by atoms with Crippen LogP contribution in [0.5, 0.6) is 0 Å². The topological polar surface area (TPSA) is 78.9 Å². The van der Waals surface area contributed by atoms with Crippen molar-refractivity contribution in [1.82, 2.24) is 0 Å². The summed E-state index contributed by atoms with van der Waals surface area (Å²) in [6, 6.07) is 3.83. The van der Waals surface area contributed by atoms with Crippen LogP contribution < -0.4 is 0 Å². The van der Waals surface area contributed by atoms with Crippen LogP contribution in [0.1, 0.15) is 100 Å². The highest BCUT2D eigenvalue weighted by Gasteiger charge is 2.48. The van der Waals surface area contributed by atoms with Crippen LogP contribution in [0.3, 0.4) is 0 Å². The zero-order valence-electron chi connectivity index (χ0n) is 26.0. The lowest BCUT2D eigenvalue weighted by Crippen LogP contribution is -2.51. The highest BCUT2D eigenvalue weighted by Crippen LogP contribution is 2.51. The van der Waals surface area contributed by atoms with Gasteiger partial charge < -0.3 is 9.16 Å². The third-order valence-corrected chi connectivity index (χ3v) is 16.0. The number of carbonyl (C=O) groups excluding carboxylic acids is 1. The van der Waals surface area contributed by atoms with Gasteiger partial charge in [0.05, 0.1) is 25.6 Å². The lowest BCUT2D eigenvalue weighted by molar-refractivity contribution is -0.0273. The Balaban J connectivity index is 1.71. The molecule has 6 nitrogen and oxygen atoms in total. The summed E-state index contributed by atoms with van der Waals surface area (Å²) in [5.74, 6) is 0.142. The summed E-state index contributed by atoms with van der Waals surface area (Å²) in [4.78, 5) is 13.6. The normalized spacial score (nSPS) is 24.2. The van der Waals surface area contributed by atoms with Gasteiger partial charge in [-0.15, -0.1) is 11.3 Å². The Labute approximate surface area is 248 Å². The number of aryl methyl sites for hydroxylation is 1. The average Bonchev–Trinajstić information content (AvgIpc) is 3.44. The standard InChI is InChI=1S/C31H52O6S2Si/c1-9-31(21-12-22-31)28(37-40(7,8)30(2,3)4)16-11-15-25-23(17-19-26(25)36-39(6,33)34)13-10-14-24-18-20-27(38-24)29(32)35-5/h11,15,18,20,23,25-26,28H,9-10,12-14,16-17,19,21-22H2,1-8H3/t23-,25+,26-,28?/m0/s1. The summed E-state index contributed by atoms with van der Waals surface area (Å²) < 4.78 is 41.6. The van der Waals surface area contributed by atoms with Gasteiger partial charge in [0.1, 0.15) is 4.88 Å². The molecule has 0 aromatic carbocycles. The van der Waals surface area contributed by atoms with Crippen molar-refractivity contribution in [3.8, 4) is 0 Å². The van der Waals surface area contributed by atoms with Crippen molar-refractivity contribution in [2.75, 3.05) is 13.4 Å². The molecule has 2 fully saturated rings. The smallest absolute Gasteiger partial charge is 0.348 e. The Kier molecular flexibility index (Phi) is 11.3. The van der Waals surface area contributed by atoms with Crippen LogP contribution in [-0.4, -0.2) is 48.3 Å². The molecule has 9 heteroatoms. The van der Waals surface area contributed by atoms with Crippen LogP contribution in [0.2, 0.25) is 18.1 Å². The zero-order valence-corrected chi connectivity index (χ0v) is 28.6. The second kappa shape index (κ2) is 13.5. The lowest BCUT2D eigenvalue weighted by atomic mass is 9.63. The molecule has 0 spiro atoms. The quantitative estimate of drug-likeness (QED) is 0.0913. The Morgan fingerprint density at radius 2 is 1.93 bits per heavy atom. The molecule has 1 aromatic heterocycles. The maximum absolute atomic E-state index is 12.1. The van der Waals surface area contributed by atoms with E-state index in [9.17, 15) is 13.2 Å². The monoisotopic (exact) mass is 612 g/mol. The second-order valence-electron chi connectivity index (χ2n) is 13.5. The first-order valence-electron chi connectivity index (χ1n) is 15.0. The summed E-state index contributed by atoms with van der Waals surface area (Å²) >= 11 is 1.49.